The summed E-state index contributed by atoms with van der Waals surface area (Å²) in [7, 11) is 0. The quantitative estimate of drug-likeness (QED) is 0.176. The highest BCUT2D eigenvalue weighted by Gasteiger charge is 2.28. The van der Waals surface area contributed by atoms with Gasteiger partial charge in [-0.15, -0.1) is 0 Å². The van der Waals surface area contributed by atoms with Crippen molar-refractivity contribution < 1.29 is 9.15 Å². The predicted molar refractivity (Wildman–Crippen MR) is 214 cm³/mol. The Morgan fingerprint density at radius 1 is 0.365 bits per heavy atom. The molecule has 0 atom stereocenters. The van der Waals surface area contributed by atoms with Crippen LogP contribution in [0, 0.1) is 0 Å². The zero-order valence-corrected chi connectivity index (χ0v) is 28.2. The normalized spacial score (nSPS) is 12.0. The molecule has 52 heavy (non-hydrogen) atoms. The Hall–Kier alpha value is -7.04. The number of rotatable bonds is 6. The van der Waals surface area contributed by atoms with Crippen molar-refractivity contribution in [2.75, 3.05) is 9.80 Å². The lowest BCUT2D eigenvalue weighted by atomic mass is 10.0. The number of ether oxygens (including phenoxy) is 1. The van der Waals surface area contributed by atoms with Gasteiger partial charge in [-0.25, -0.2) is 0 Å². The lowest BCUT2D eigenvalue weighted by Gasteiger charge is -2.34. The standard InChI is InChI=1S/C48H32N2O2/c1-3-11-33(12-4-1)35-19-23-37(24-20-35)49(38-25-21-36(22-26-38)34-13-5-2-6-14-34)39-28-30-44-48(32-39)52-46-18-10-8-16-43(46)50(44)40-27-29-42-41-15-7-9-17-45(41)51-47(42)31-40/h1-32H. The van der Waals surface area contributed by atoms with Crippen LogP contribution >= 0.6 is 0 Å². The largest absolute Gasteiger partial charge is 0.456 e. The van der Waals surface area contributed by atoms with Crippen molar-refractivity contribution in [3.8, 4) is 33.8 Å². The fourth-order valence-electron chi connectivity index (χ4n) is 7.33. The molecular formula is C48H32N2O2. The molecule has 246 valence electrons. The minimum Gasteiger partial charge on any atom is -0.456 e. The summed E-state index contributed by atoms with van der Waals surface area (Å²) in [4.78, 5) is 4.55. The van der Waals surface area contributed by atoms with Crippen LogP contribution in [-0.2, 0) is 0 Å². The van der Waals surface area contributed by atoms with Gasteiger partial charge in [-0.3, -0.25) is 0 Å². The molecule has 1 aromatic heterocycles. The molecule has 0 unspecified atom stereocenters. The first-order valence-corrected chi connectivity index (χ1v) is 17.5. The van der Waals surface area contributed by atoms with Gasteiger partial charge in [0.15, 0.2) is 11.5 Å². The number of hydrogen-bond donors (Lipinski definition) is 0. The second-order valence-electron chi connectivity index (χ2n) is 13.0. The predicted octanol–water partition coefficient (Wildman–Crippen LogP) is 14.0. The first kappa shape index (κ1) is 29.8. The van der Waals surface area contributed by atoms with Crippen LogP contribution in [0.3, 0.4) is 0 Å². The molecule has 1 aliphatic rings. The molecule has 0 saturated heterocycles. The zero-order chi connectivity index (χ0) is 34.4. The summed E-state index contributed by atoms with van der Waals surface area (Å²) in [5.41, 5.74) is 12.5. The average Bonchev–Trinajstić information content (AvgIpc) is 3.59. The van der Waals surface area contributed by atoms with E-state index in [4.69, 9.17) is 9.15 Å². The third-order valence-electron chi connectivity index (χ3n) is 9.85. The van der Waals surface area contributed by atoms with Gasteiger partial charge < -0.3 is 19.0 Å². The van der Waals surface area contributed by atoms with Crippen molar-refractivity contribution >= 4 is 56.1 Å². The molecule has 0 bridgehead atoms. The Morgan fingerprint density at radius 2 is 0.904 bits per heavy atom. The molecule has 8 aromatic carbocycles. The first-order chi connectivity index (χ1) is 25.8. The van der Waals surface area contributed by atoms with E-state index in [-0.39, 0.29) is 0 Å². The van der Waals surface area contributed by atoms with Gasteiger partial charge in [0.2, 0.25) is 0 Å². The Bertz CT molecular complexity index is 2620. The van der Waals surface area contributed by atoms with E-state index in [9.17, 15) is 0 Å². The highest BCUT2D eigenvalue weighted by molar-refractivity contribution is 6.06. The van der Waals surface area contributed by atoms with Gasteiger partial charge in [0.05, 0.1) is 17.1 Å². The van der Waals surface area contributed by atoms with Crippen molar-refractivity contribution in [3.63, 3.8) is 0 Å². The van der Waals surface area contributed by atoms with Crippen LogP contribution < -0.4 is 14.5 Å². The van der Waals surface area contributed by atoms with E-state index >= 15 is 0 Å². The van der Waals surface area contributed by atoms with E-state index in [1.807, 2.05) is 42.5 Å². The molecule has 2 heterocycles. The minimum absolute atomic E-state index is 0.771. The molecule has 0 amide bonds. The minimum atomic E-state index is 0.771. The fraction of sp³-hybridized carbons (Fsp3) is 0. The molecule has 0 N–H and O–H groups in total. The van der Waals surface area contributed by atoms with Crippen LogP contribution in [0.15, 0.2) is 199 Å². The van der Waals surface area contributed by atoms with Crippen LogP contribution in [-0.4, -0.2) is 0 Å². The number of furan rings is 1. The second kappa shape index (κ2) is 12.4. The summed E-state index contributed by atoms with van der Waals surface area (Å²) in [6.07, 6.45) is 0. The molecule has 4 nitrogen and oxygen atoms in total. The summed E-state index contributed by atoms with van der Waals surface area (Å²) in [6.45, 7) is 0. The molecule has 0 saturated carbocycles. The number of benzene rings is 8. The van der Waals surface area contributed by atoms with Crippen LogP contribution in [0.2, 0.25) is 0 Å². The summed E-state index contributed by atoms with van der Waals surface area (Å²) in [5, 5.41) is 2.22. The number of nitrogens with zero attached hydrogens (tertiary/aromatic N) is 2. The lowest BCUT2D eigenvalue weighted by Crippen LogP contribution is -2.17. The first-order valence-electron chi connectivity index (χ1n) is 17.5. The van der Waals surface area contributed by atoms with Gasteiger partial charge in [-0.1, -0.05) is 115 Å². The van der Waals surface area contributed by atoms with Crippen molar-refractivity contribution in [2.24, 2.45) is 0 Å². The summed E-state index contributed by atoms with van der Waals surface area (Å²) >= 11 is 0. The van der Waals surface area contributed by atoms with E-state index in [1.54, 1.807) is 0 Å². The molecule has 1 aliphatic heterocycles. The van der Waals surface area contributed by atoms with Crippen LogP contribution in [0.1, 0.15) is 0 Å². The Balaban J connectivity index is 1.09. The van der Waals surface area contributed by atoms with Gasteiger partial charge in [0.25, 0.3) is 0 Å². The third kappa shape index (κ3) is 5.17. The highest BCUT2D eigenvalue weighted by atomic mass is 16.5. The maximum atomic E-state index is 6.69. The molecule has 0 aliphatic carbocycles. The second-order valence-corrected chi connectivity index (χ2v) is 13.0. The van der Waals surface area contributed by atoms with Gasteiger partial charge in [-0.05, 0) is 89.0 Å². The molecular weight excluding hydrogens is 637 g/mol. The number of hydrogen-bond acceptors (Lipinski definition) is 4. The van der Waals surface area contributed by atoms with Gasteiger partial charge in [0, 0.05) is 40.0 Å². The van der Waals surface area contributed by atoms with E-state index < -0.39 is 0 Å². The van der Waals surface area contributed by atoms with E-state index in [1.165, 1.54) is 22.3 Å². The molecule has 4 heteroatoms. The summed E-state index contributed by atoms with van der Waals surface area (Å²) < 4.78 is 13.0. The van der Waals surface area contributed by atoms with Gasteiger partial charge in [-0.2, -0.15) is 0 Å². The lowest BCUT2D eigenvalue weighted by molar-refractivity contribution is 0.477. The fourth-order valence-corrected chi connectivity index (χ4v) is 7.33. The van der Waals surface area contributed by atoms with E-state index in [0.717, 1.165) is 67.6 Å². The monoisotopic (exact) mass is 668 g/mol. The SMILES string of the molecule is c1ccc(-c2ccc(N(c3ccc(-c4ccccc4)cc3)c3ccc4c(c3)Oc3ccccc3N4c3ccc4c(c3)oc3ccccc34)cc2)cc1. The van der Waals surface area contributed by atoms with Crippen LogP contribution in [0.4, 0.5) is 34.1 Å². The van der Waals surface area contributed by atoms with Crippen molar-refractivity contribution in [1.82, 2.24) is 0 Å². The molecule has 0 spiro atoms. The number of para-hydroxylation sites is 3. The van der Waals surface area contributed by atoms with E-state index in [0.29, 0.717) is 0 Å². The van der Waals surface area contributed by atoms with Crippen molar-refractivity contribution in [2.45, 2.75) is 0 Å². The maximum Gasteiger partial charge on any atom is 0.153 e. The Kier molecular flexibility index (Phi) is 7.10. The summed E-state index contributed by atoms with van der Waals surface area (Å²) in [6, 6.07) is 67.8. The van der Waals surface area contributed by atoms with Crippen LogP contribution in [0.25, 0.3) is 44.2 Å². The molecule has 0 radical (unpaired) electrons. The number of fused-ring (bicyclic) bond motifs is 5. The van der Waals surface area contributed by atoms with Gasteiger partial charge in [0.1, 0.15) is 11.2 Å². The Morgan fingerprint density at radius 3 is 1.60 bits per heavy atom. The smallest absolute Gasteiger partial charge is 0.153 e. The highest BCUT2D eigenvalue weighted by Crippen LogP contribution is 2.52. The zero-order valence-electron chi connectivity index (χ0n) is 28.2. The topological polar surface area (TPSA) is 28.9 Å². The van der Waals surface area contributed by atoms with E-state index in [2.05, 4.69) is 161 Å². The molecule has 10 rings (SSSR count). The number of anilines is 6. The molecule has 9 aromatic rings. The van der Waals surface area contributed by atoms with Crippen molar-refractivity contribution in [1.29, 1.82) is 0 Å². The maximum absolute atomic E-state index is 6.69. The molecule has 0 fully saturated rings. The average molecular weight is 669 g/mol. The Labute approximate surface area is 302 Å². The van der Waals surface area contributed by atoms with Crippen LogP contribution in [0.5, 0.6) is 11.5 Å². The van der Waals surface area contributed by atoms with Crippen molar-refractivity contribution in [3.05, 3.63) is 194 Å². The summed E-state index contributed by atoms with van der Waals surface area (Å²) in [5.74, 6) is 1.57. The van der Waals surface area contributed by atoms with Gasteiger partial charge >= 0.3 is 0 Å². The third-order valence-corrected chi connectivity index (χ3v) is 9.85.